The maximum atomic E-state index is 5.67. The highest BCUT2D eigenvalue weighted by Gasteiger charge is 2.02. The molecule has 0 radical (unpaired) electrons. The van der Waals surface area contributed by atoms with Crippen LogP contribution < -0.4 is 5.32 Å². The van der Waals surface area contributed by atoms with Crippen LogP contribution >= 0.6 is 0 Å². The van der Waals surface area contributed by atoms with E-state index in [4.69, 9.17) is 4.42 Å². The Morgan fingerprint density at radius 2 is 1.90 bits per heavy atom. The van der Waals surface area contributed by atoms with E-state index < -0.39 is 0 Å². The summed E-state index contributed by atoms with van der Waals surface area (Å²) in [6.45, 7) is 3.55. The van der Waals surface area contributed by atoms with Crippen LogP contribution in [0.15, 0.2) is 59.3 Å². The third-order valence-corrected chi connectivity index (χ3v) is 3.35. The average molecular weight is 281 g/mol. The first kappa shape index (κ1) is 13.5. The molecule has 0 saturated carbocycles. The van der Waals surface area contributed by atoms with Crippen LogP contribution in [0.4, 0.5) is 5.69 Å². The molecular formula is C17H19N3O. The van der Waals surface area contributed by atoms with Gasteiger partial charge in [-0.3, -0.25) is 4.68 Å². The minimum absolute atomic E-state index is 0.678. The van der Waals surface area contributed by atoms with Gasteiger partial charge in [0.05, 0.1) is 25.0 Å². The summed E-state index contributed by atoms with van der Waals surface area (Å²) in [7, 11) is 0. The first-order valence-electron chi connectivity index (χ1n) is 7.21. The van der Waals surface area contributed by atoms with E-state index in [1.807, 2.05) is 47.4 Å². The lowest BCUT2D eigenvalue weighted by molar-refractivity contribution is 0.476. The molecule has 3 rings (SSSR count). The highest BCUT2D eigenvalue weighted by molar-refractivity contribution is 5.38. The molecule has 0 saturated heterocycles. The van der Waals surface area contributed by atoms with E-state index in [0.29, 0.717) is 6.54 Å². The van der Waals surface area contributed by atoms with Gasteiger partial charge in [0.2, 0.25) is 0 Å². The molecular weight excluding hydrogens is 262 g/mol. The van der Waals surface area contributed by atoms with Crippen LogP contribution in [0, 0.1) is 0 Å². The number of aryl methyl sites for hydroxylation is 1. The summed E-state index contributed by atoms with van der Waals surface area (Å²) in [5.74, 6) is 1.97. The van der Waals surface area contributed by atoms with Crippen molar-refractivity contribution < 1.29 is 4.42 Å². The van der Waals surface area contributed by atoms with Gasteiger partial charge in [-0.05, 0) is 17.7 Å². The third-order valence-electron chi connectivity index (χ3n) is 3.35. The van der Waals surface area contributed by atoms with Crippen LogP contribution in [-0.2, 0) is 19.5 Å². The summed E-state index contributed by atoms with van der Waals surface area (Å²) in [5, 5.41) is 7.70. The zero-order chi connectivity index (χ0) is 14.5. The lowest BCUT2D eigenvalue weighted by Gasteiger charge is -2.02. The van der Waals surface area contributed by atoms with E-state index in [1.165, 1.54) is 5.56 Å². The first-order valence-corrected chi connectivity index (χ1v) is 7.21. The Balaban J connectivity index is 1.57. The third kappa shape index (κ3) is 3.54. The lowest BCUT2D eigenvalue weighted by Crippen LogP contribution is -2.00. The smallest absolute Gasteiger partial charge is 0.123 e. The minimum Gasteiger partial charge on any atom is -0.464 e. The number of hydrogen-bond acceptors (Lipinski definition) is 3. The number of anilines is 1. The lowest BCUT2D eigenvalue weighted by atomic mass is 10.2. The van der Waals surface area contributed by atoms with Gasteiger partial charge < -0.3 is 9.73 Å². The van der Waals surface area contributed by atoms with Crippen LogP contribution in [0.2, 0.25) is 0 Å². The Hall–Kier alpha value is -2.49. The number of rotatable bonds is 6. The number of nitrogens with one attached hydrogen (secondary N) is 1. The van der Waals surface area contributed by atoms with Crippen LogP contribution in [0.3, 0.4) is 0 Å². The van der Waals surface area contributed by atoms with E-state index >= 15 is 0 Å². The Labute approximate surface area is 124 Å². The van der Waals surface area contributed by atoms with E-state index in [0.717, 1.165) is 30.2 Å². The predicted molar refractivity (Wildman–Crippen MR) is 83.2 cm³/mol. The molecule has 0 aliphatic carbocycles. The SMILES string of the molecule is CCc1ccc(CNc2cnn(Cc3ccccc3)c2)o1. The van der Waals surface area contributed by atoms with Crippen LogP contribution in [-0.4, -0.2) is 9.78 Å². The van der Waals surface area contributed by atoms with E-state index in [2.05, 4.69) is 29.5 Å². The topological polar surface area (TPSA) is 43.0 Å². The molecule has 0 atom stereocenters. The molecule has 0 amide bonds. The Bertz CT molecular complexity index is 685. The van der Waals surface area contributed by atoms with Crippen molar-refractivity contribution >= 4 is 5.69 Å². The van der Waals surface area contributed by atoms with Crippen molar-refractivity contribution in [3.05, 3.63) is 71.9 Å². The van der Waals surface area contributed by atoms with Gasteiger partial charge in [0, 0.05) is 12.6 Å². The van der Waals surface area contributed by atoms with Crippen molar-refractivity contribution in [1.29, 1.82) is 0 Å². The quantitative estimate of drug-likeness (QED) is 0.749. The predicted octanol–water partition coefficient (Wildman–Crippen LogP) is 3.70. The van der Waals surface area contributed by atoms with Gasteiger partial charge in [0.25, 0.3) is 0 Å². The summed E-state index contributed by atoms with van der Waals surface area (Å²) in [6.07, 6.45) is 4.78. The number of nitrogens with zero attached hydrogens (tertiary/aromatic N) is 2. The summed E-state index contributed by atoms with van der Waals surface area (Å²) >= 11 is 0. The van der Waals surface area contributed by atoms with Crippen LogP contribution in [0.5, 0.6) is 0 Å². The fourth-order valence-corrected chi connectivity index (χ4v) is 2.21. The molecule has 0 fully saturated rings. The number of hydrogen-bond donors (Lipinski definition) is 1. The second kappa shape index (κ2) is 6.31. The highest BCUT2D eigenvalue weighted by Crippen LogP contribution is 2.12. The molecule has 4 nitrogen and oxygen atoms in total. The van der Waals surface area contributed by atoms with Crippen molar-refractivity contribution in [3.8, 4) is 0 Å². The van der Waals surface area contributed by atoms with Gasteiger partial charge in [0.15, 0.2) is 0 Å². The summed E-state index contributed by atoms with van der Waals surface area (Å²) < 4.78 is 7.60. The Kier molecular flexibility index (Phi) is 4.05. The highest BCUT2D eigenvalue weighted by atomic mass is 16.3. The van der Waals surface area contributed by atoms with Gasteiger partial charge in [-0.15, -0.1) is 0 Å². The van der Waals surface area contributed by atoms with E-state index in [9.17, 15) is 0 Å². The molecule has 3 aromatic rings. The molecule has 1 N–H and O–H groups in total. The molecule has 4 heteroatoms. The average Bonchev–Trinajstić information content (AvgIpc) is 3.15. The molecule has 2 aromatic heterocycles. The molecule has 2 heterocycles. The molecule has 0 aliphatic rings. The summed E-state index contributed by atoms with van der Waals surface area (Å²) in [4.78, 5) is 0. The second-order valence-electron chi connectivity index (χ2n) is 4.99. The zero-order valence-electron chi connectivity index (χ0n) is 12.1. The second-order valence-corrected chi connectivity index (χ2v) is 4.99. The van der Waals surface area contributed by atoms with Crippen molar-refractivity contribution in [1.82, 2.24) is 9.78 Å². The molecule has 0 bridgehead atoms. The van der Waals surface area contributed by atoms with Crippen molar-refractivity contribution in [2.75, 3.05) is 5.32 Å². The first-order chi connectivity index (χ1) is 10.3. The van der Waals surface area contributed by atoms with Gasteiger partial charge >= 0.3 is 0 Å². The number of benzene rings is 1. The fraction of sp³-hybridized carbons (Fsp3) is 0.235. The van der Waals surface area contributed by atoms with Crippen molar-refractivity contribution in [2.45, 2.75) is 26.4 Å². The van der Waals surface area contributed by atoms with E-state index in [-0.39, 0.29) is 0 Å². The van der Waals surface area contributed by atoms with Crippen LogP contribution in [0.25, 0.3) is 0 Å². The Morgan fingerprint density at radius 1 is 1.10 bits per heavy atom. The zero-order valence-corrected chi connectivity index (χ0v) is 12.1. The molecule has 21 heavy (non-hydrogen) atoms. The van der Waals surface area contributed by atoms with Gasteiger partial charge in [0.1, 0.15) is 11.5 Å². The van der Waals surface area contributed by atoms with Gasteiger partial charge in [-0.2, -0.15) is 5.10 Å². The number of aromatic nitrogens is 2. The number of furan rings is 1. The largest absolute Gasteiger partial charge is 0.464 e. The molecule has 1 aromatic carbocycles. The fourth-order valence-electron chi connectivity index (χ4n) is 2.21. The van der Waals surface area contributed by atoms with Crippen molar-refractivity contribution in [3.63, 3.8) is 0 Å². The standard InChI is InChI=1S/C17H19N3O/c1-2-16-8-9-17(21-16)11-18-15-10-19-20(13-15)12-14-6-4-3-5-7-14/h3-10,13,18H,2,11-12H2,1H3. The maximum absolute atomic E-state index is 5.67. The maximum Gasteiger partial charge on any atom is 0.123 e. The Morgan fingerprint density at radius 3 is 2.67 bits per heavy atom. The summed E-state index contributed by atoms with van der Waals surface area (Å²) in [5.41, 5.74) is 2.24. The van der Waals surface area contributed by atoms with Crippen molar-refractivity contribution in [2.24, 2.45) is 0 Å². The molecule has 0 aliphatic heterocycles. The molecule has 108 valence electrons. The van der Waals surface area contributed by atoms with Gasteiger partial charge in [-0.1, -0.05) is 37.3 Å². The van der Waals surface area contributed by atoms with E-state index in [1.54, 1.807) is 0 Å². The van der Waals surface area contributed by atoms with Gasteiger partial charge in [-0.25, -0.2) is 0 Å². The summed E-state index contributed by atoms with van der Waals surface area (Å²) in [6, 6.07) is 14.3. The minimum atomic E-state index is 0.678. The normalized spacial score (nSPS) is 10.7. The molecule has 0 spiro atoms. The van der Waals surface area contributed by atoms with Crippen LogP contribution in [0.1, 0.15) is 24.0 Å². The monoisotopic (exact) mass is 281 g/mol. The molecule has 0 unspecified atom stereocenters.